The van der Waals surface area contributed by atoms with Crippen LogP contribution in [0.5, 0.6) is 0 Å². The molecule has 0 spiro atoms. The molecule has 0 aliphatic carbocycles. The lowest BCUT2D eigenvalue weighted by molar-refractivity contribution is 1.02. The van der Waals surface area contributed by atoms with Crippen LogP contribution in [0.25, 0.3) is 10.9 Å². The third kappa shape index (κ3) is 2.97. The average molecular weight is 343 g/mol. The molecule has 0 aliphatic rings. The Bertz CT molecular complexity index is 796. The number of hydrogen-bond acceptors (Lipinski definition) is 4. The molecule has 0 radical (unpaired) electrons. The van der Waals surface area contributed by atoms with Crippen LogP contribution in [-0.4, -0.2) is 9.97 Å². The molecule has 4 nitrogen and oxygen atoms in total. The summed E-state index contributed by atoms with van der Waals surface area (Å²) in [6, 6.07) is 11.9. The number of nitrogens with zero attached hydrogens (tertiary/aromatic N) is 2. The van der Waals surface area contributed by atoms with Gasteiger partial charge in [-0.1, -0.05) is 22.0 Å². The van der Waals surface area contributed by atoms with Gasteiger partial charge in [-0.25, -0.2) is 0 Å². The van der Waals surface area contributed by atoms with Crippen molar-refractivity contribution in [3.63, 3.8) is 0 Å². The first-order valence-electron chi connectivity index (χ1n) is 6.63. The first-order valence-corrected chi connectivity index (χ1v) is 7.43. The van der Waals surface area contributed by atoms with E-state index in [1.165, 1.54) is 0 Å². The standard InChI is InChI=1S/C16H15BrN4/c1-10-3-2-4-12(21-10)8-20-16-13-7-11(17)5-6-15(13)19-9-14(16)18/h2-7,9H,8,18H2,1H3,(H,19,20). The van der Waals surface area contributed by atoms with Gasteiger partial charge in [0.1, 0.15) is 0 Å². The predicted octanol–water partition coefficient (Wildman–Crippen LogP) is 3.90. The van der Waals surface area contributed by atoms with Gasteiger partial charge in [-0.15, -0.1) is 0 Å². The van der Waals surface area contributed by atoms with Gasteiger partial charge in [0.05, 0.1) is 35.3 Å². The molecule has 0 saturated heterocycles. The largest absolute Gasteiger partial charge is 0.396 e. The number of halogens is 1. The Morgan fingerprint density at radius 3 is 2.90 bits per heavy atom. The summed E-state index contributed by atoms with van der Waals surface area (Å²) in [5, 5.41) is 4.38. The van der Waals surface area contributed by atoms with Gasteiger partial charge in [-0.05, 0) is 37.3 Å². The SMILES string of the molecule is Cc1cccc(CNc2c(N)cnc3ccc(Br)cc23)n1. The molecule has 3 aromatic rings. The summed E-state index contributed by atoms with van der Waals surface area (Å²) >= 11 is 3.49. The predicted molar refractivity (Wildman–Crippen MR) is 90.2 cm³/mol. The van der Waals surface area contributed by atoms with E-state index in [9.17, 15) is 0 Å². The monoisotopic (exact) mass is 342 g/mol. The highest BCUT2D eigenvalue weighted by atomic mass is 79.9. The molecule has 2 aromatic heterocycles. The number of nitrogens with one attached hydrogen (secondary N) is 1. The van der Waals surface area contributed by atoms with E-state index in [2.05, 4.69) is 31.2 Å². The summed E-state index contributed by atoms with van der Waals surface area (Å²) in [5.41, 5.74) is 10.5. The number of rotatable bonds is 3. The van der Waals surface area contributed by atoms with Gasteiger partial charge in [0, 0.05) is 15.6 Å². The number of nitrogens with two attached hydrogens (primary N) is 1. The van der Waals surface area contributed by atoms with Crippen LogP contribution >= 0.6 is 15.9 Å². The highest BCUT2D eigenvalue weighted by Gasteiger charge is 2.07. The van der Waals surface area contributed by atoms with Crippen molar-refractivity contribution in [3.05, 3.63) is 58.5 Å². The molecular weight excluding hydrogens is 328 g/mol. The Morgan fingerprint density at radius 1 is 1.24 bits per heavy atom. The Hall–Kier alpha value is -2.14. The Balaban J connectivity index is 1.96. The van der Waals surface area contributed by atoms with Gasteiger partial charge in [0.15, 0.2) is 0 Å². The zero-order valence-corrected chi connectivity index (χ0v) is 13.2. The lowest BCUT2D eigenvalue weighted by Crippen LogP contribution is -2.05. The second-order valence-electron chi connectivity index (χ2n) is 4.87. The molecule has 0 fully saturated rings. The van der Waals surface area contributed by atoms with Crippen LogP contribution in [0.4, 0.5) is 11.4 Å². The third-order valence-electron chi connectivity index (χ3n) is 3.25. The molecule has 0 saturated carbocycles. The molecular formula is C16H15BrN4. The number of fused-ring (bicyclic) bond motifs is 1. The fraction of sp³-hybridized carbons (Fsp3) is 0.125. The number of aryl methyl sites for hydroxylation is 1. The van der Waals surface area contributed by atoms with Crippen molar-refractivity contribution < 1.29 is 0 Å². The van der Waals surface area contributed by atoms with Crippen molar-refractivity contribution in [1.29, 1.82) is 0 Å². The molecule has 21 heavy (non-hydrogen) atoms. The number of benzene rings is 1. The van der Waals surface area contributed by atoms with Crippen LogP contribution in [0, 0.1) is 6.92 Å². The quantitative estimate of drug-likeness (QED) is 0.757. The minimum absolute atomic E-state index is 0.623. The maximum Gasteiger partial charge on any atom is 0.0743 e. The number of hydrogen-bond donors (Lipinski definition) is 2. The minimum atomic E-state index is 0.623. The van der Waals surface area contributed by atoms with Gasteiger partial charge in [-0.3, -0.25) is 9.97 Å². The van der Waals surface area contributed by atoms with Crippen LogP contribution in [-0.2, 0) is 6.54 Å². The fourth-order valence-electron chi connectivity index (χ4n) is 2.25. The van der Waals surface area contributed by atoms with Crippen LogP contribution in [0.2, 0.25) is 0 Å². The van der Waals surface area contributed by atoms with Gasteiger partial charge < -0.3 is 11.1 Å². The highest BCUT2D eigenvalue weighted by Crippen LogP contribution is 2.30. The summed E-state index contributed by atoms with van der Waals surface area (Å²) in [6.45, 7) is 2.61. The second-order valence-corrected chi connectivity index (χ2v) is 5.79. The topological polar surface area (TPSA) is 63.8 Å². The van der Waals surface area contributed by atoms with Crippen molar-refractivity contribution >= 4 is 38.2 Å². The van der Waals surface area contributed by atoms with Gasteiger partial charge >= 0.3 is 0 Å². The van der Waals surface area contributed by atoms with Crippen LogP contribution in [0.1, 0.15) is 11.4 Å². The zero-order chi connectivity index (χ0) is 14.8. The summed E-state index contributed by atoms with van der Waals surface area (Å²) in [6.07, 6.45) is 1.68. The minimum Gasteiger partial charge on any atom is -0.396 e. The molecule has 0 atom stereocenters. The van der Waals surface area contributed by atoms with Crippen molar-refractivity contribution in [2.24, 2.45) is 0 Å². The lowest BCUT2D eigenvalue weighted by Gasteiger charge is -2.12. The molecule has 0 amide bonds. The molecule has 106 valence electrons. The number of anilines is 2. The molecule has 0 unspecified atom stereocenters. The molecule has 1 aromatic carbocycles. The molecule has 3 rings (SSSR count). The number of aromatic nitrogens is 2. The first-order chi connectivity index (χ1) is 10.1. The van der Waals surface area contributed by atoms with E-state index in [0.717, 1.165) is 32.5 Å². The number of pyridine rings is 2. The number of nitrogen functional groups attached to an aromatic ring is 1. The molecule has 3 N–H and O–H groups in total. The molecule has 2 heterocycles. The van der Waals surface area contributed by atoms with E-state index in [0.29, 0.717) is 12.2 Å². The summed E-state index contributed by atoms with van der Waals surface area (Å²) in [7, 11) is 0. The van der Waals surface area contributed by atoms with E-state index in [1.54, 1.807) is 6.20 Å². The fourth-order valence-corrected chi connectivity index (χ4v) is 2.62. The maximum absolute atomic E-state index is 6.07. The van der Waals surface area contributed by atoms with E-state index >= 15 is 0 Å². The van der Waals surface area contributed by atoms with Gasteiger partial charge in [0.2, 0.25) is 0 Å². The van der Waals surface area contributed by atoms with Crippen LogP contribution < -0.4 is 11.1 Å². The van der Waals surface area contributed by atoms with Crippen LogP contribution in [0.3, 0.4) is 0 Å². The zero-order valence-electron chi connectivity index (χ0n) is 11.6. The molecule has 0 aliphatic heterocycles. The maximum atomic E-state index is 6.07. The van der Waals surface area contributed by atoms with E-state index in [1.807, 2.05) is 43.3 Å². The van der Waals surface area contributed by atoms with Gasteiger partial charge in [0.25, 0.3) is 0 Å². The van der Waals surface area contributed by atoms with Crippen molar-refractivity contribution in [2.75, 3.05) is 11.1 Å². The van der Waals surface area contributed by atoms with Gasteiger partial charge in [-0.2, -0.15) is 0 Å². The Labute approximate surface area is 131 Å². The summed E-state index contributed by atoms with van der Waals surface area (Å²) in [5.74, 6) is 0. The molecule has 0 bridgehead atoms. The lowest BCUT2D eigenvalue weighted by atomic mass is 10.1. The highest BCUT2D eigenvalue weighted by molar-refractivity contribution is 9.10. The Morgan fingerprint density at radius 2 is 2.10 bits per heavy atom. The van der Waals surface area contributed by atoms with Crippen molar-refractivity contribution in [2.45, 2.75) is 13.5 Å². The Kier molecular flexibility index (Phi) is 3.75. The van der Waals surface area contributed by atoms with E-state index < -0.39 is 0 Å². The van der Waals surface area contributed by atoms with Crippen LogP contribution in [0.15, 0.2) is 47.1 Å². The summed E-state index contributed by atoms with van der Waals surface area (Å²) in [4.78, 5) is 8.84. The third-order valence-corrected chi connectivity index (χ3v) is 3.74. The summed E-state index contributed by atoms with van der Waals surface area (Å²) < 4.78 is 0.999. The van der Waals surface area contributed by atoms with E-state index in [4.69, 9.17) is 5.73 Å². The average Bonchev–Trinajstić information content (AvgIpc) is 2.46. The molecule has 5 heteroatoms. The van der Waals surface area contributed by atoms with Crippen molar-refractivity contribution in [1.82, 2.24) is 9.97 Å². The van der Waals surface area contributed by atoms with E-state index in [-0.39, 0.29) is 0 Å². The first kappa shape index (κ1) is 13.8. The normalized spacial score (nSPS) is 10.8. The van der Waals surface area contributed by atoms with Crippen molar-refractivity contribution in [3.8, 4) is 0 Å². The smallest absolute Gasteiger partial charge is 0.0743 e. The second kappa shape index (κ2) is 5.69.